The van der Waals surface area contributed by atoms with Gasteiger partial charge in [-0.05, 0) is 53.1 Å². The summed E-state index contributed by atoms with van der Waals surface area (Å²) in [6.45, 7) is 0.276. The van der Waals surface area contributed by atoms with E-state index in [4.69, 9.17) is 0 Å². The molecule has 1 atom stereocenters. The summed E-state index contributed by atoms with van der Waals surface area (Å²) in [5, 5.41) is 14.7. The minimum Gasteiger partial charge on any atom is -0.347 e. The van der Waals surface area contributed by atoms with Crippen molar-refractivity contribution in [3.05, 3.63) is 60.7 Å². The third-order valence-electron chi connectivity index (χ3n) is 3.84. The highest BCUT2D eigenvalue weighted by molar-refractivity contribution is 7.98. The maximum absolute atomic E-state index is 12.7. The van der Waals surface area contributed by atoms with Crippen LogP contribution in [0.4, 0.5) is 0 Å². The van der Waals surface area contributed by atoms with Crippen molar-refractivity contribution in [2.75, 3.05) is 12.0 Å². The van der Waals surface area contributed by atoms with E-state index in [0.717, 1.165) is 17.9 Å². The molecule has 1 amide bonds. The maximum atomic E-state index is 12.7. The Bertz CT molecular complexity index is 787. The summed E-state index contributed by atoms with van der Waals surface area (Å²) in [5.41, 5.74) is 0.862. The molecule has 3 aromatic rings. The second kappa shape index (κ2) is 8.48. The zero-order valence-electron chi connectivity index (χ0n) is 13.9. The van der Waals surface area contributed by atoms with E-state index in [9.17, 15) is 4.79 Å². The minimum atomic E-state index is -0.233. The zero-order chi connectivity index (χ0) is 17.5. The third kappa shape index (κ3) is 4.27. The van der Waals surface area contributed by atoms with Crippen LogP contribution in [0.2, 0.25) is 0 Å². The predicted octanol–water partition coefficient (Wildman–Crippen LogP) is 2.07. The van der Waals surface area contributed by atoms with Crippen molar-refractivity contribution in [3.8, 4) is 5.69 Å². The first-order valence-electron chi connectivity index (χ1n) is 8.01. The Morgan fingerprint density at radius 3 is 2.68 bits per heavy atom. The number of para-hydroxylation sites is 1. The van der Waals surface area contributed by atoms with Gasteiger partial charge in [-0.2, -0.15) is 16.4 Å². The van der Waals surface area contributed by atoms with Crippen molar-refractivity contribution in [3.63, 3.8) is 0 Å². The molecule has 0 saturated carbocycles. The number of thioether (sulfide) groups is 1. The van der Waals surface area contributed by atoms with Crippen LogP contribution in [0.25, 0.3) is 5.69 Å². The number of carbonyl (C=O) groups is 1. The summed E-state index contributed by atoms with van der Waals surface area (Å²) in [6, 6.07) is 13.2. The summed E-state index contributed by atoms with van der Waals surface area (Å²) in [7, 11) is 0. The van der Waals surface area contributed by atoms with Crippen LogP contribution in [0.1, 0.15) is 18.3 Å². The molecular weight excluding hydrogens is 336 g/mol. The molecular formula is C17H20N6OS. The van der Waals surface area contributed by atoms with E-state index >= 15 is 0 Å². The van der Waals surface area contributed by atoms with E-state index in [0.29, 0.717) is 5.82 Å². The van der Waals surface area contributed by atoms with Crippen molar-refractivity contribution < 1.29 is 4.79 Å². The van der Waals surface area contributed by atoms with Crippen molar-refractivity contribution in [2.24, 2.45) is 0 Å². The number of tetrazole rings is 1. The molecule has 25 heavy (non-hydrogen) atoms. The molecule has 2 aromatic heterocycles. The average molecular weight is 356 g/mol. The maximum Gasteiger partial charge on any atom is 0.243 e. The lowest BCUT2D eigenvalue weighted by molar-refractivity contribution is -0.124. The number of hydrogen-bond donors (Lipinski definition) is 1. The van der Waals surface area contributed by atoms with Crippen LogP contribution in [0.15, 0.2) is 54.9 Å². The first kappa shape index (κ1) is 17.2. The number of benzene rings is 1. The van der Waals surface area contributed by atoms with E-state index in [2.05, 4.69) is 20.8 Å². The van der Waals surface area contributed by atoms with E-state index < -0.39 is 0 Å². The Balaban J connectivity index is 1.68. The molecule has 0 aliphatic heterocycles. The van der Waals surface area contributed by atoms with Gasteiger partial charge >= 0.3 is 0 Å². The first-order valence-corrected chi connectivity index (χ1v) is 9.41. The highest BCUT2D eigenvalue weighted by atomic mass is 32.2. The number of aromatic nitrogens is 5. The van der Waals surface area contributed by atoms with Crippen LogP contribution >= 0.6 is 11.8 Å². The zero-order valence-corrected chi connectivity index (χ0v) is 14.8. The molecule has 7 nitrogen and oxygen atoms in total. The fourth-order valence-electron chi connectivity index (χ4n) is 2.57. The predicted molar refractivity (Wildman–Crippen MR) is 97.5 cm³/mol. The molecule has 0 fully saturated rings. The molecule has 130 valence electrons. The van der Waals surface area contributed by atoms with Crippen LogP contribution in [0, 0.1) is 0 Å². The van der Waals surface area contributed by atoms with Crippen LogP contribution in [-0.4, -0.2) is 42.7 Å². The Hall–Kier alpha value is -2.61. The highest BCUT2D eigenvalue weighted by Gasteiger charge is 2.20. The number of carbonyl (C=O) groups excluding carboxylic acids is 1. The van der Waals surface area contributed by atoms with Crippen molar-refractivity contribution in [1.29, 1.82) is 0 Å². The van der Waals surface area contributed by atoms with Crippen LogP contribution in [0.3, 0.4) is 0 Å². The summed E-state index contributed by atoms with van der Waals surface area (Å²) in [4.78, 5) is 12.7. The van der Waals surface area contributed by atoms with E-state index in [1.165, 1.54) is 0 Å². The lowest BCUT2D eigenvalue weighted by Gasteiger charge is -2.18. The molecule has 1 N–H and O–H groups in total. The smallest absolute Gasteiger partial charge is 0.243 e. The normalized spacial score (nSPS) is 12.0. The Morgan fingerprint density at radius 2 is 1.96 bits per heavy atom. The van der Waals surface area contributed by atoms with Gasteiger partial charge in [0, 0.05) is 12.4 Å². The summed E-state index contributed by atoms with van der Waals surface area (Å²) < 4.78 is 3.57. The van der Waals surface area contributed by atoms with E-state index in [-0.39, 0.29) is 18.5 Å². The van der Waals surface area contributed by atoms with Gasteiger partial charge in [0.1, 0.15) is 6.04 Å². The van der Waals surface area contributed by atoms with Crippen LogP contribution in [0.5, 0.6) is 0 Å². The number of amides is 1. The number of hydrogen-bond acceptors (Lipinski definition) is 5. The molecule has 0 spiro atoms. The minimum absolute atomic E-state index is 0.0344. The van der Waals surface area contributed by atoms with Crippen molar-refractivity contribution in [2.45, 2.75) is 19.0 Å². The summed E-state index contributed by atoms with van der Waals surface area (Å²) in [6.07, 6.45) is 6.64. The average Bonchev–Trinajstić information content (AvgIpc) is 3.33. The molecule has 0 unspecified atom stereocenters. The Kier molecular flexibility index (Phi) is 5.84. The van der Waals surface area contributed by atoms with Gasteiger partial charge in [-0.1, -0.05) is 18.2 Å². The Labute approximate surface area is 150 Å². The molecule has 0 bridgehead atoms. The van der Waals surface area contributed by atoms with Gasteiger partial charge in [0.2, 0.25) is 5.91 Å². The topological polar surface area (TPSA) is 77.6 Å². The number of rotatable bonds is 8. The van der Waals surface area contributed by atoms with Gasteiger partial charge in [-0.3, -0.25) is 4.79 Å². The van der Waals surface area contributed by atoms with Crippen molar-refractivity contribution in [1.82, 2.24) is 30.1 Å². The fourth-order valence-corrected chi connectivity index (χ4v) is 3.03. The highest BCUT2D eigenvalue weighted by Crippen LogP contribution is 2.15. The molecule has 0 aliphatic carbocycles. The molecule has 0 aliphatic rings. The largest absolute Gasteiger partial charge is 0.347 e. The van der Waals surface area contributed by atoms with Crippen molar-refractivity contribution >= 4 is 17.7 Å². The Morgan fingerprint density at radius 1 is 1.20 bits per heavy atom. The van der Waals surface area contributed by atoms with Gasteiger partial charge in [-0.25, -0.2) is 0 Å². The second-order valence-corrected chi connectivity index (χ2v) is 6.47. The molecule has 0 radical (unpaired) electrons. The van der Waals surface area contributed by atoms with Crippen LogP contribution in [-0.2, 0) is 11.3 Å². The summed E-state index contributed by atoms with van der Waals surface area (Å²) in [5.74, 6) is 1.47. The standard InChI is InChI=1S/C17H20N6OS/c1-25-12-9-15(22-10-5-6-11-22)17(24)18-13-16-19-20-21-23(16)14-7-3-2-4-8-14/h2-8,10-11,15H,9,12-13H2,1H3,(H,18,24)/t15-/m0/s1. The first-order chi connectivity index (χ1) is 12.3. The van der Waals surface area contributed by atoms with E-state index in [1.54, 1.807) is 16.4 Å². The SMILES string of the molecule is CSCC[C@@H](C(=O)NCc1nnnn1-c1ccccc1)n1cccc1. The molecule has 0 saturated heterocycles. The molecule has 8 heteroatoms. The van der Waals surface area contributed by atoms with E-state index in [1.807, 2.05) is 65.7 Å². The summed E-state index contributed by atoms with van der Waals surface area (Å²) >= 11 is 1.73. The number of nitrogens with one attached hydrogen (secondary N) is 1. The monoisotopic (exact) mass is 356 g/mol. The lowest BCUT2D eigenvalue weighted by Crippen LogP contribution is -2.33. The van der Waals surface area contributed by atoms with Gasteiger partial charge < -0.3 is 9.88 Å². The van der Waals surface area contributed by atoms with Gasteiger partial charge in [0.25, 0.3) is 0 Å². The van der Waals surface area contributed by atoms with Gasteiger partial charge in [-0.15, -0.1) is 5.10 Å². The third-order valence-corrected chi connectivity index (χ3v) is 4.48. The number of nitrogens with zero attached hydrogens (tertiary/aromatic N) is 5. The van der Waals surface area contributed by atoms with Gasteiger partial charge in [0.15, 0.2) is 5.82 Å². The molecule has 3 rings (SSSR count). The quantitative estimate of drug-likeness (QED) is 0.669. The fraction of sp³-hybridized carbons (Fsp3) is 0.294. The van der Waals surface area contributed by atoms with Crippen LogP contribution < -0.4 is 5.32 Å². The second-order valence-electron chi connectivity index (χ2n) is 5.49. The van der Waals surface area contributed by atoms with Gasteiger partial charge in [0.05, 0.1) is 12.2 Å². The molecule has 2 heterocycles. The molecule has 1 aromatic carbocycles. The lowest BCUT2D eigenvalue weighted by atomic mass is 10.2.